The van der Waals surface area contributed by atoms with E-state index in [1.807, 2.05) is 6.92 Å². The molecule has 0 saturated heterocycles. The number of para-hydroxylation sites is 1. The van der Waals surface area contributed by atoms with Crippen LogP contribution >= 0.6 is 11.6 Å². The van der Waals surface area contributed by atoms with Gasteiger partial charge in [-0.05, 0) is 37.2 Å². The number of amides is 2. The summed E-state index contributed by atoms with van der Waals surface area (Å²) < 4.78 is 41.5. The molecule has 31 heavy (non-hydrogen) atoms. The Labute approximate surface area is 183 Å². The third kappa shape index (κ3) is 8.47. The summed E-state index contributed by atoms with van der Waals surface area (Å²) in [7, 11) is 0. The summed E-state index contributed by atoms with van der Waals surface area (Å²) in [5.41, 5.74) is 1.61. The van der Waals surface area contributed by atoms with Gasteiger partial charge in [0.25, 0.3) is 0 Å². The van der Waals surface area contributed by atoms with Crippen molar-refractivity contribution in [1.82, 2.24) is 10.2 Å². The van der Waals surface area contributed by atoms with Crippen LogP contribution in [0.3, 0.4) is 0 Å². The summed E-state index contributed by atoms with van der Waals surface area (Å²) in [5.74, 6) is -1.13. The fourth-order valence-electron chi connectivity index (χ4n) is 2.73. The van der Waals surface area contributed by atoms with Gasteiger partial charge in [0.15, 0.2) is 0 Å². The van der Waals surface area contributed by atoms with Gasteiger partial charge in [-0.15, -0.1) is 13.2 Å². The highest BCUT2D eigenvalue weighted by molar-refractivity contribution is 6.31. The van der Waals surface area contributed by atoms with Gasteiger partial charge in [0.05, 0.1) is 13.1 Å². The van der Waals surface area contributed by atoms with Gasteiger partial charge in [-0.3, -0.25) is 14.5 Å². The first kappa shape index (κ1) is 24.5. The van der Waals surface area contributed by atoms with E-state index < -0.39 is 12.3 Å². The molecular formula is C21H23ClF3N3O3. The molecule has 0 heterocycles. The quantitative estimate of drug-likeness (QED) is 0.594. The highest BCUT2D eigenvalue weighted by Gasteiger charge is 2.32. The zero-order valence-corrected chi connectivity index (χ0v) is 17.8. The SMILES string of the molecule is CCN(CC(=O)NCc1ccccc1OC(F)(F)F)CC(=O)Nc1cc(Cl)ccc1C. The van der Waals surface area contributed by atoms with Crippen LogP contribution in [0.1, 0.15) is 18.1 Å². The summed E-state index contributed by atoms with van der Waals surface area (Å²) in [6.45, 7) is 3.76. The summed E-state index contributed by atoms with van der Waals surface area (Å²) in [4.78, 5) is 26.2. The number of hydrogen-bond acceptors (Lipinski definition) is 4. The van der Waals surface area contributed by atoms with Gasteiger partial charge in [-0.25, -0.2) is 0 Å². The average Bonchev–Trinajstić information content (AvgIpc) is 2.68. The van der Waals surface area contributed by atoms with Crippen molar-refractivity contribution in [2.24, 2.45) is 0 Å². The number of anilines is 1. The Balaban J connectivity index is 1.89. The van der Waals surface area contributed by atoms with Crippen LogP contribution in [0, 0.1) is 6.92 Å². The van der Waals surface area contributed by atoms with E-state index in [-0.39, 0.29) is 36.9 Å². The number of benzene rings is 2. The van der Waals surface area contributed by atoms with Crippen molar-refractivity contribution < 1.29 is 27.5 Å². The number of hydrogen-bond donors (Lipinski definition) is 2. The van der Waals surface area contributed by atoms with E-state index in [0.717, 1.165) is 5.56 Å². The van der Waals surface area contributed by atoms with E-state index in [1.54, 1.807) is 36.1 Å². The van der Waals surface area contributed by atoms with E-state index in [1.165, 1.54) is 18.2 Å². The van der Waals surface area contributed by atoms with E-state index in [0.29, 0.717) is 17.3 Å². The lowest BCUT2D eigenvalue weighted by molar-refractivity contribution is -0.274. The monoisotopic (exact) mass is 457 g/mol. The Morgan fingerprint density at radius 2 is 1.77 bits per heavy atom. The lowest BCUT2D eigenvalue weighted by Crippen LogP contribution is -2.41. The normalized spacial score (nSPS) is 11.3. The minimum absolute atomic E-state index is 0.0381. The second kappa shape index (κ2) is 11.0. The minimum atomic E-state index is -4.83. The number of ether oxygens (including phenoxy) is 1. The van der Waals surface area contributed by atoms with Crippen LogP contribution in [-0.2, 0) is 16.1 Å². The number of rotatable bonds is 9. The molecule has 2 rings (SSSR count). The summed E-state index contributed by atoms with van der Waals surface area (Å²) >= 11 is 5.95. The summed E-state index contributed by atoms with van der Waals surface area (Å²) in [6, 6.07) is 10.7. The highest BCUT2D eigenvalue weighted by atomic mass is 35.5. The maximum atomic E-state index is 12.5. The number of carbonyl (C=O) groups excluding carboxylic acids is 2. The van der Waals surface area contributed by atoms with Crippen molar-refractivity contribution in [3.63, 3.8) is 0 Å². The first-order valence-corrected chi connectivity index (χ1v) is 9.84. The molecule has 0 fully saturated rings. The third-order valence-corrected chi connectivity index (χ3v) is 4.56. The molecule has 0 spiro atoms. The van der Waals surface area contributed by atoms with Crippen LogP contribution < -0.4 is 15.4 Å². The van der Waals surface area contributed by atoms with Crippen molar-refractivity contribution in [3.8, 4) is 5.75 Å². The predicted octanol–water partition coefficient (Wildman–Crippen LogP) is 4.12. The van der Waals surface area contributed by atoms with Crippen LogP contribution in [0.2, 0.25) is 5.02 Å². The van der Waals surface area contributed by atoms with Gasteiger partial charge >= 0.3 is 6.36 Å². The lowest BCUT2D eigenvalue weighted by Gasteiger charge is -2.20. The largest absolute Gasteiger partial charge is 0.573 e. The Morgan fingerprint density at radius 3 is 2.45 bits per heavy atom. The minimum Gasteiger partial charge on any atom is -0.405 e. The topological polar surface area (TPSA) is 70.7 Å². The third-order valence-electron chi connectivity index (χ3n) is 4.33. The molecule has 10 heteroatoms. The molecule has 0 radical (unpaired) electrons. The van der Waals surface area contributed by atoms with Crippen LogP contribution in [0.15, 0.2) is 42.5 Å². The Kier molecular flexibility index (Phi) is 8.70. The van der Waals surface area contributed by atoms with Crippen LogP contribution in [0.5, 0.6) is 5.75 Å². The van der Waals surface area contributed by atoms with E-state index in [9.17, 15) is 22.8 Å². The molecule has 6 nitrogen and oxygen atoms in total. The predicted molar refractivity (Wildman–Crippen MR) is 112 cm³/mol. The fourth-order valence-corrected chi connectivity index (χ4v) is 2.90. The maximum Gasteiger partial charge on any atom is 0.573 e. The number of likely N-dealkylation sites (N-methyl/N-ethyl adjacent to an activating group) is 1. The van der Waals surface area contributed by atoms with Crippen molar-refractivity contribution >= 4 is 29.1 Å². The molecule has 0 saturated carbocycles. The molecule has 168 valence electrons. The molecular weight excluding hydrogens is 435 g/mol. The van der Waals surface area contributed by atoms with Gasteiger partial charge in [0.1, 0.15) is 5.75 Å². The number of alkyl halides is 3. The molecule has 0 aliphatic carbocycles. The molecule has 0 atom stereocenters. The van der Waals surface area contributed by atoms with Gasteiger partial charge in [-0.1, -0.05) is 42.8 Å². The molecule has 0 aliphatic rings. The number of carbonyl (C=O) groups is 2. The number of aryl methyl sites for hydroxylation is 1. The Bertz CT molecular complexity index is 922. The molecule has 0 bridgehead atoms. The van der Waals surface area contributed by atoms with Crippen LogP contribution in [-0.4, -0.2) is 42.7 Å². The lowest BCUT2D eigenvalue weighted by atomic mass is 10.2. The smallest absolute Gasteiger partial charge is 0.405 e. The zero-order valence-electron chi connectivity index (χ0n) is 17.1. The molecule has 2 aromatic carbocycles. The number of halogens is 4. The second-order valence-corrected chi connectivity index (χ2v) is 7.18. The van der Waals surface area contributed by atoms with E-state index >= 15 is 0 Å². The van der Waals surface area contributed by atoms with Gasteiger partial charge in [0, 0.05) is 22.8 Å². The van der Waals surface area contributed by atoms with Crippen molar-refractivity contribution in [1.29, 1.82) is 0 Å². The van der Waals surface area contributed by atoms with Crippen LogP contribution in [0.4, 0.5) is 18.9 Å². The maximum absolute atomic E-state index is 12.5. The first-order chi connectivity index (χ1) is 14.6. The van der Waals surface area contributed by atoms with Crippen LogP contribution in [0.25, 0.3) is 0 Å². The van der Waals surface area contributed by atoms with Crippen molar-refractivity contribution in [3.05, 3.63) is 58.6 Å². The standard InChI is InChI=1S/C21H23ClF3N3O3/c1-3-28(13-20(30)27-17-10-16(22)9-8-14(17)2)12-19(29)26-11-15-6-4-5-7-18(15)31-21(23,24)25/h4-10H,3,11-13H2,1-2H3,(H,26,29)(H,27,30). The summed E-state index contributed by atoms with van der Waals surface area (Å²) in [6.07, 6.45) is -4.83. The molecule has 0 unspecified atom stereocenters. The summed E-state index contributed by atoms with van der Waals surface area (Å²) in [5, 5.41) is 5.80. The Morgan fingerprint density at radius 1 is 1.10 bits per heavy atom. The highest BCUT2D eigenvalue weighted by Crippen LogP contribution is 2.26. The van der Waals surface area contributed by atoms with Gasteiger partial charge in [0.2, 0.25) is 11.8 Å². The number of nitrogens with zero attached hydrogens (tertiary/aromatic N) is 1. The molecule has 2 aromatic rings. The molecule has 2 amide bonds. The number of nitrogens with one attached hydrogen (secondary N) is 2. The van der Waals surface area contributed by atoms with Crippen molar-refractivity contribution in [2.75, 3.05) is 25.0 Å². The molecule has 0 aromatic heterocycles. The first-order valence-electron chi connectivity index (χ1n) is 9.46. The fraction of sp³-hybridized carbons (Fsp3) is 0.333. The van der Waals surface area contributed by atoms with Gasteiger partial charge in [-0.2, -0.15) is 0 Å². The Hall–Kier alpha value is -2.78. The van der Waals surface area contributed by atoms with Gasteiger partial charge < -0.3 is 15.4 Å². The van der Waals surface area contributed by atoms with Crippen molar-refractivity contribution in [2.45, 2.75) is 26.8 Å². The molecule has 0 aliphatic heterocycles. The van der Waals surface area contributed by atoms with E-state index in [4.69, 9.17) is 11.6 Å². The van der Waals surface area contributed by atoms with E-state index in [2.05, 4.69) is 15.4 Å². The zero-order chi connectivity index (χ0) is 23.0. The average molecular weight is 458 g/mol. The second-order valence-electron chi connectivity index (χ2n) is 6.74. The molecule has 2 N–H and O–H groups in total.